The van der Waals surface area contributed by atoms with Gasteiger partial charge in [0.05, 0.1) is 0 Å². The molecule has 0 aromatic rings. The lowest BCUT2D eigenvalue weighted by atomic mass is 10.5. The van der Waals surface area contributed by atoms with Gasteiger partial charge < -0.3 is 29.4 Å². The van der Waals surface area contributed by atoms with Gasteiger partial charge in [-0.1, -0.05) is 13.8 Å². The fraction of sp³-hybridized carbons (Fsp3) is 1.00. The number of hydrogen-bond acceptors (Lipinski definition) is 7. The second-order valence-corrected chi connectivity index (χ2v) is 18.0. The molecule has 1 heterocycles. The van der Waals surface area contributed by atoms with E-state index in [1.807, 2.05) is 32.7 Å². The summed E-state index contributed by atoms with van der Waals surface area (Å²) in [6.45, 7) is 15.2. The molecule has 1 aliphatic heterocycles. The van der Waals surface area contributed by atoms with Crippen LogP contribution < -0.4 is 0 Å². The minimum atomic E-state index is -2.87. The molecule has 1 fully saturated rings. The maximum atomic E-state index is 6.30. The smallest absolute Gasteiger partial charge is 0.420 e. The monoisotopic (exact) mass is 416 g/mol. The van der Waals surface area contributed by atoms with Gasteiger partial charge >= 0.3 is 36.2 Å². The lowest BCUT2D eigenvalue weighted by Gasteiger charge is -2.39. The van der Waals surface area contributed by atoms with E-state index < -0.39 is 45.5 Å². The van der Waals surface area contributed by atoms with Crippen molar-refractivity contribution < 1.29 is 29.4 Å². The standard InChI is InChI=1S/C11H32O7Si5/c1-8-10-12-22(6)16-20(4)14-19(3)15-21(5)17-23(7,18-22)13-11-9-2/h19-21H,8-11H2,1-7H3. The van der Waals surface area contributed by atoms with Crippen LogP contribution in [0, 0.1) is 0 Å². The molecular formula is C11H32O7Si5. The van der Waals surface area contributed by atoms with Crippen LogP contribution in [-0.4, -0.2) is 58.7 Å². The maximum absolute atomic E-state index is 6.30. The van der Waals surface area contributed by atoms with Crippen molar-refractivity contribution in [2.75, 3.05) is 13.2 Å². The van der Waals surface area contributed by atoms with E-state index in [-0.39, 0.29) is 0 Å². The van der Waals surface area contributed by atoms with Crippen molar-refractivity contribution >= 4 is 45.5 Å². The Morgan fingerprint density at radius 2 is 1.13 bits per heavy atom. The van der Waals surface area contributed by atoms with Gasteiger partial charge in [0.2, 0.25) is 0 Å². The van der Waals surface area contributed by atoms with Crippen LogP contribution >= 0.6 is 0 Å². The lowest BCUT2D eigenvalue weighted by molar-refractivity contribution is 0.0935. The largest absolute Gasteiger partial charge is 0.481 e. The molecule has 0 N–H and O–H groups in total. The second kappa shape index (κ2) is 10.1. The van der Waals surface area contributed by atoms with Gasteiger partial charge in [0.25, 0.3) is 9.28 Å². The molecule has 0 bridgehead atoms. The first-order chi connectivity index (χ1) is 10.7. The predicted octanol–water partition coefficient (Wildman–Crippen LogP) is 1.62. The van der Waals surface area contributed by atoms with Gasteiger partial charge in [0, 0.05) is 26.3 Å². The third-order valence-electron chi connectivity index (χ3n) is 3.03. The molecule has 138 valence electrons. The summed E-state index contributed by atoms with van der Waals surface area (Å²) in [4.78, 5) is 0. The average molecular weight is 417 g/mol. The molecule has 1 rings (SSSR count). The summed E-state index contributed by atoms with van der Waals surface area (Å²) in [5.41, 5.74) is 0. The van der Waals surface area contributed by atoms with E-state index in [1.165, 1.54) is 0 Å². The highest BCUT2D eigenvalue weighted by molar-refractivity contribution is 6.81. The normalized spacial score (nSPS) is 40.0. The van der Waals surface area contributed by atoms with E-state index in [0.29, 0.717) is 13.2 Å². The molecule has 0 amide bonds. The van der Waals surface area contributed by atoms with Crippen LogP contribution in [-0.2, 0) is 29.4 Å². The third-order valence-corrected chi connectivity index (χ3v) is 19.7. The Balaban J connectivity index is 2.98. The molecule has 7 nitrogen and oxygen atoms in total. The van der Waals surface area contributed by atoms with Gasteiger partial charge in [-0.25, -0.2) is 0 Å². The molecule has 12 heteroatoms. The van der Waals surface area contributed by atoms with Crippen LogP contribution in [0.5, 0.6) is 0 Å². The van der Waals surface area contributed by atoms with Crippen LogP contribution in [0.25, 0.3) is 0 Å². The molecule has 0 radical (unpaired) electrons. The zero-order valence-electron chi connectivity index (χ0n) is 15.4. The van der Waals surface area contributed by atoms with E-state index >= 15 is 0 Å². The Labute approximate surface area is 147 Å². The van der Waals surface area contributed by atoms with Crippen molar-refractivity contribution in [2.24, 2.45) is 0 Å². The highest BCUT2D eigenvalue weighted by Crippen LogP contribution is 2.23. The summed E-state index contributed by atoms with van der Waals surface area (Å²) in [5.74, 6) is 0. The first kappa shape index (κ1) is 21.8. The van der Waals surface area contributed by atoms with Crippen molar-refractivity contribution in [1.82, 2.24) is 0 Å². The third kappa shape index (κ3) is 8.15. The van der Waals surface area contributed by atoms with Crippen LogP contribution in [0.1, 0.15) is 26.7 Å². The Bertz CT molecular complexity index is 325. The van der Waals surface area contributed by atoms with Crippen molar-refractivity contribution in [3.63, 3.8) is 0 Å². The topological polar surface area (TPSA) is 64.6 Å². The first-order valence-corrected chi connectivity index (χ1v) is 19.1. The molecule has 0 saturated carbocycles. The van der Waals surface area contributed by atoms with Crippen molar-refractivity contribution in [3.05, 3.63) is 0 Å². The Morgan fingerprint density at radius 1 is 0.739 bits per heavy atom. The van der Waals surface area contributed by atoms with E-state index in [1.54, 1.807) is 0 Å². The van der Waals surface area contributed by atoms with Crippen LogP contribution in [0.4, 0.5) is 0 Å². The summed E-state index contributed by atoms with van der Waals surface area (Å²) in [7, 11) is -11.2. The molecule has 1 saturated heterocycles. The molecule has 23 heavy (non-hydrogen) atoms. The summed E-state index contributed by atoms with van der Waals surface area (Å²) >= 11 is 0. The van der Waals surface area contributed by atoms with Gasteiger partial charge in [-0.15, -0.1) is 0 Å². The summed E-state index contributed by atoms with van der Waals surface area (Å²) in [6.07, 6.45) is 1.81. The Morgan fingerprint density at radius 3 is 1.48 bits per heavy atom. The number of hydrogen-bond donors (Lipinski definition) is 0. The van der Waals surface area contributed by atoms with Gasteiger partial charge in [-0.3, -0.25) is 0 Å². The molecule has 0 aromatic carbocycles. The van der Waals surface area contributed by atoms with Crippen molar-refractivity contribution in [1.29, 1.82) is 0 Å². The Hall–Kier alpha value is 0.804. The summed E-state index contributed by atoms with van der Waals surface area (Å²) in [5, 5.41) is 0. The average Bonchev–Trinajstić information content (AvgIpc) is 2.41. The van der Waals surface area contributed by atoms with Crippen LogP contribution in [0.3, 0.4) is 0 Å². The molecule has 4 atom stereocenters. The molecule has 0 spiro atoms. The predicted molar refractivity (Wildman–Crippen MR) is 100 cm³/mol. The van der Waals surface area contributed by atoms with Crippen LogP contribution in [0.15, 0.2) is 0 Å². The highest BCUT2D eigenvalue weighted by Gasteiger charge is 2.50. The molecule has 0 aliphatic carbocycles. The van der Waals surface area contributed by atoms with Gasteiger partial charge in [-0.2, -0.15) is 0 Å². The molecule has 4 unspecified atom stereocenters. The summed E-state index contributed by atoms with van der Waals surface area (Å²) in [6, 6.07) is 0. The Kier molecular flexibility index (Phi) is 9.57. The van der Waals surface area contributed by atoms with E-state index in [2.05, 4.69) is 13.8 Å². The van der Waals surface area contributed by atoms with E-state index in [4.69, 9.17) is 29.4 Å². The van der Waals surface area contributed by atoms with Crippen molar-refractivity contribution in [3.8, 4) is 0 Å². The van der Waals surface area contributed by atoms with Crippen LogP contribution in [0.2, 0.25) is 32.7 Å². The molecular weight excluding hydrogens is 385 g/mol. The quantitative estimate of drug-likeness (QED) is 0.610. The van der Waals surface area contributed by atoms with E-state index in [9.17, 15) is 0 Å². The molecule has 1 aliphatic rings. The number of rotatable bonds is 6. The first-order valence-electron chi connectivity index (χ1n) is 8.36. The highest BCUT2D eigenvalue weighted by atomic mass is 28.5. The summed E-state index contributed by atoms with van der Waals surface area (Å²) < 4.78 is 42.5. The van der Waals surface area contributed by atoms with Crippen molar-refractivity contribution in [2.45, 2.75) is 59.4 Å². The zero-order valence-corrected chi connectivity index (χ0v) is 20.9. The lowest BCUT2D eigenvalue weighted by Crippen LogP contribution is -2.60. The fourth-order valence-corrected chi connectivity index (χ4v) is 19.8. The SMILES string of the molecule is CCCO[Si]1(C)O[SiH](C)O[SiH](C)O[SiH](C)O[Si](C)(OCCC)O1. The second-order valence-electron chi connectivity index (χ2n) is 5.73. The molecule has 0 aromatic heterocycles. The fourth-order valence-electron chi connectivity index (χ4n) is 2.32. The minimum absolute atomic E-state index is 0.596. The van der Waals surface area contributed by atoms with Gasteiger partial charge in [-0.05, 0) is 32.5 Å². The van der Waals surface area contributed by atoms with E-state index in [0.717, 1.165) is 12.8 Å². The van der Waals surface area contributed by atoms with Gasteiger partial charge in [0.15, 0.2) is 0 Å². The van der Waals surface area contributed by atoms with Gasteiger partial charge in [0.1, 0.15) is 0 Å². The maximum Gasteiger partial charge on any atom is 0.481 e. The minimum Gasteiger partial charge on any atom is -0.420 e. The zero-order chi connectivity index (χ0) is 17.5.